The maximum absolute atomic E-state index is 13.5. The van der Waals surface area contributed by atoms with E-state index >= 15 is 0 Å². The number of rotatable bonds is 4. The van der Waals surface area contributed by atoms with Crippen LogP contribution in [0.1, 0.15) is 42.4 Å². The summed E-state index contributed by atoms with van der Waals surface area (Å²) in [6, 6.07) is 4.52. The fourth-order valence-corrected chi connectivity index (χ4v) is 4.77. The zero-order valence-electron chi connectivity index (χ0n) is 19.5. The molecule has 182 valence electrons. The van der Waals surface area contributed by atoms with Crippen molar-refractivity contribution < 1.29 is 18.0 Å². The van der Waals surface area contributed by atoms with Crippen LogP contribution >= 0.6 is 0 Å². The molecule has 5 rings (SSSR count). The third-order valence-electron chi connectivity index (χ3n) is 6.66. The molecular weight excluding hydrogens is 459 g/mol. The molecule has 1 atom stereocenters. The summed E-state index contributed by atoms with van der Waals surface area (Å²) in [5, 5.41) is 0.681. The zero-order valence-corrected chi connectivity index (χ0v) is 19.5. The topological polar surface area (TPSA) is 65.1 Å². The lowest BCUT2D eigenvalue weighted by molar-refractivity contribution is -0.137. The van der Waals surface area contributed by atoms with E-state index < -0.39 is 11.7 Å². The van der Waals surface area contributed by atoms with E-state index in [9.17, 15) is 22.8 Å². The Balaban J connectivity index is 1.54. The van der Waals surface area contributed by atoms with Crippen molar-refractivity contribution in [3.63, 3.8) is 0 Å². The number of imidazole rings is 1. The molecule has 7 nitrogen and oxygen atoms in total. The lowest BCUT2D eigenvalue weighted by atomic mass is 10.0. The van der Waals surface area contributed by atoms with E-state index in [1.807, 2.05) is 27.0 Å². The third kappa shape index (κ3) is 3.82. The highest BCUT2D eigenvalue weighted by molar-refractivity contribution is 5.87. The second-order valence-electron chi connectivity index (χ2n) is 8.81. The van der Waals surface area contributed by atoms with Gasteiger partial charge in [-0.15, -0.1) is 0 Å². The maximum atomic E-state index is 13.5. The van der Waals surface area contributed by atoms with Crippen LogP contribution in [0.15, 0.2) is 54.0 Å². The van der Waals surface area contributed by atoms with Gasteiger partial charge in [-0.05, 0) is 38.5 Å². The molecule has 0 saturated heterocycles. The molecule has 0 saturated carbocycles. The summed E-state index contributed by atoms with van der Waals surface area (Å²) in [5.74, 6) is 0. The molecule has 0 radical (unpaired) electrons. The van der Waals surface area contributed by atoms with E-state index in [0.29, 0.717) is 41.8 Å². The fourth-order valence-electron chi connectivity index (χ4n) is 4.77. The van der Waals surface area contributed by atoms with Gasteiger partial charge in [0.15, 0.2) is 0 Å². The number of alkyl halides is 3. The molecule has 0 spiro atoms. The van der Waals surface area contributed by atoms with E-state index in [2.05, 4.69) is 4.98 Å². The minimum absolute atomic E-state index is 0.200. The number of aryl methyl sites for hydroxylation is 2. The van der Waals surface area contributed by atoms with Crippen molar-refractivity contribution in [2.45, 2.75) is 46.0 Å². The predicted octanol–water partition coefficient (Wildman–Crippen LogP) is 4.92. The number of carbonyl (C=O) groups is 1. The standard InChI is InChI=1S/C25H24F3N5O2/c1-4-30-12-20(19-6-5-17(9-21(19)30)25(26,27)28)16(3)32-8-7-18-10-23(34)22(13-33(18)24(32)35)31-11-15(2)29-14-31/h5-6,9-14,16H,4,7-8H2,1-3H3. The molecule has 1 amide bonds. The van der Waals surface area contributed by atoms with Gasteiger partial charge in [-0.2, -0.15) is 13.2 Å². The summed E-state index contributed by atoms with van der Waals surface area (Å²) in [5.41, 5.74) is 2.04. The molecule has 35 heavy (non-hydrogen) atoms. The number of fused-ring (bicyclic) bond motifs is 2. The van der Waals surface area contributed by atoms with E-state index in [1.54, 1.807) is 20.2 Å². The summed E-state index contributed by atoms with van der Waals surface area (Å²) in [4.78, 5) is 32.0. The van der Waals surface area contributed by atoms with Gasteiger partial charge in [0.05, 0.1) is 23.6 Å². The van der Waals surface area contributed by atoms with Gasteiger partial charge in [-0.3, -0.25) is 9.36 Å². The number of benzene rings is 1. The Hall–Kier alpha value is -3.82. The first kappa shape index (κ1) is 22.9. The highest BCUT2D eigenvalue weighted by atomic mass is 19.4. The van der Waals surface area contributed by atoms with Crippen molar-refractivity contribution in [1.29, 1.82) is 0 Å². The van der Waals surface area contributed by atoms with E-state index in [4.69, 9.17) is 0 Å². The molecule has 0 fully saturated rings. The summed E-state index contributed by atoms with van der Waals surface area (Å²) < 4.78 is 44.7. The quantitative estimate of drug-likeness (QED) is 0.414. The number of nitrogens with zero attached hydrogens (tertiary/aromatic N) is 5. The van der Waals surface area contributed by atoms with Crippen LogP contribution in [0, 0.1) is 6.92 Å². The monoisotopic (exact) mass is 483 g/mol. The van der Waals surface area contributed by atoms with Crippen LogP contribution in [0.3, 0.4) is 0 Å². The normalized spacial score (nSPS) is 15.0. The zero-order chi connectivity index (χ0) is 25.1. The minimum Gasteiger partial charge on any atom is -0.347 e. The second-order valence-corrected chi connectivity index (χ2v) is 8.81. The Labute approximate surface area is 199 Å². The number of hydrogen-bond donors (Lipinski definition) is 0. The molecule has 1 aliphatic rings. The van der Waals surface area contributed by atoms with Crippen molar-refractivity contribution in [2.24, 2.45) is 0 Å². The molecule has 0 bridgehead atoms. The van der Waals surface area contributed by atoms with Crippen molar-refractivity contribution in [3.05, 3.63) is 81.9 Å². The van der Waals surface area contributed by atoms with Gasteiger partial charge in [0.2, 0.25) is 5.43 Å². The van der Waals surface area contributed by atoms with Gasteiger partial charge in [0.25, 0.3) is 0 Å². The molecule has 1 aliphatic heterocycles. The Morgan fingerprint density at radius 3 is 2.54 bits per heavy atom. The first-order valence-electron chi connectivity index (χ1n) is 11.4. The Morgan fingerprint density at radius 2 is 1.89 bits per heavy atom. The van der Waals surface area contributed by atoms with Gasteiger partial charge in [0, 0.05) is 60.8 Å². The van der Waals surface area contributed by atoms with Crippen LogP contribution < -0.4 is 5.43 Å². The van der Waals surface area contributed by atoms with Crippen LogP contribution in [-0.2, 0) is 19.1 Å². The number of pyridine rings is 1. The van der Waals surface area contributed by atoms with Gasteiger partial charge >= 0.3 is 12.2 Å². The third-order valence-corrected chi connectivity index (χ3v) is 6.66. The lowest BCUT2D eigenvalue weighted by Crippen LogP contribution is -2.44. The van der Waals surface area contributed by atoms with Crippen LogP contribution in [0.4, 0.5) is 18.0 Å². The van der Waals surface area contributed by atoms with Crippen molar-refractivity contribution in [3.8, 4) is 5.69 Å². The molecule has 1 unspecified atom stereocenters. The van der Waals surface area contributed by atoms with E-state index in [1.165, 1.54) is 29.2 Å². The molecule has 4 heterocycles. The molecule has 4 aromatic rings. The SMILES string of the molecule is CCn1cc(C(C)N2CCc3cc(=O)c(-n4cnc(C)c4)cn3C2=O)c2ccc(C(F)(F)F)cc21. The van der Waals surface area contributed by atoms with E-state index in [-0.39, 0.29) is 17.5 Å². The summed E-state index contributed by atoms with van der Waals surface area (Å²) in [6.45, 7) is 6.44. The van der Waals surface area contributed by atoms with Gasteiger partial charge in [-0.25, -0.2) is 9.78 Å². The highest BCUT2D eigenvalue weighted by Gasteiger charge is 2.33. The number of halogens is 3. The minimum atomic E-state index is -4.43. The smallest absolute Gasteiger partial charge is 0.347 e. The average molecular weight is 483 g/mol. The summed E-state index contributed by atoms with van der Waals surface area (Å²) in [7, 11) is 0. The predicted molar refractivity (Wildman–Crippen MR) is 125 cm³/mol. The number of carbonyl (C=O) groups excluding carboxylic acids is 1. The molecular formula is C25H24F3N5O2. The van der Waals surface area contributed by atoms with Crippen LogP contribution in [0.5, 0.6) is 0 Å². The number of amides is 1. The molecule has 1 aromatic carbocycles. The first-order valence-corrected chi connectivity index (χ1v) is 11.4. The lowest BCUT2D eigenvalue weighted by Gasteiger charge is -2.34. The Bertz CT molecular complexity index is 1510. The Morgan fingerprint density at radius 1 is 1.11 bits per heavy atom. The average Bonchev–Trinajstić information content (AvgIpc) is 3.41. The maximum Gasteiger partial charge on any atom is 0.416 e. The largest absolute Gasteiger partial charge is 0.416 e. The molecule has 10 heteroatoms. The second kappa shape index (κ2) is 8.14. The van der Waals surface area contributed by atoms with Gasteiger partial charge in [-0.1, -0.05) is 6.07 Å². The van der Waals surface area contributed by atoms with Crippen LogP contribution in [0.25, 0.3) is 16.6 Å². The highest BCUT2D eigenvalue weighted by Crippen LogP contribution is 2.36. The molecule has 0 N–H and O–H groups in total. The molecule has 0 aliphatic carbocycles. The first-order chi connectivity index (χ1) is 16.6. The van der Waals surface area contributed by atoms with Crippen molar-refractivity contribution in [1.82, 2.24) is 23.6 Å². The Kier molecular flexibility index (Phi) is 5.34. The van der Waals surface area contributed by atoms with Crippen LogP contribution in [-0.4, -0.2) is 36.2 Å². The van der Waals surface area contributed by atoms with Crippen molar-refractivity contribution in [2.75, 3.05) is 6.54 Å². The van der Waals surface area contributed by atoms with Crippen molar-refractivity contribution >= 4 is 16.9 Å². The van der Waals surface area contributed by atoms with Gasteiger partial charge in [0.1, 0.15) is 5.69 Å². The van der Waals surface area contributed by atoms with Crippen LogP contribution in [0.2, 0.25) is 0 Å². The number of hydrogen-bond acceptors (Lipinski definition) is 3. The van der Waals surface area contributed by atoms with E-state index in [0.717, 1.165) is 23.4 Å². The fraction of sp³-hybridized carbons (Fsp3) is 0.320. The number of aromatic nitrogens is 4. The summed E-state index contributed by atoms with van der Waals surface area (Å²) >= 11 is 0. The van der Waals surface area contributed by atoms with Gasteiger partial charge < -0.3 is 14.0 Å². The summed E-state index contributed by atoms with van der Waals surface area (Å²) in [6.07, 6.45) is 2.65. The molecule has 3 aromatic heterocycles.